The van der Waals surface area contributed by atoms with Crippen molar-refractivity contribution in [2.75, 3.05) is 30.5 Å². The van der Waals surface area contributed by atoms with E-state index in [0.717, 1.165) is 31.9 Å². The van der Waals surface area contributed by atoms with Crippen LogP contribution < -0.4 is 14.8 Å². The van der Waals surface area contributed by atoms with E-state index in [2.05, 4.69) is 15.9 Å². The minimum atomic E-state index is -4.40. The molecule has 1 amide bonds. The first-order valence-electron chi connectivity index (χ1n) is 10.9. The fourth-order valence-corrected chi connectivity index (χ4v) is 7.22. The van der Waals surface area contributed by atoms with Crippen molar-refractivity contribution < 1.29 is 22.5 Å². The van der Waals surface area contributed by atoms with Crippen LogP contribution in [-0.2, 0) is 22.3 Å². The van der Waals surface area contributed by atoms with Crippen molar-refractivity contribution in [3.05, 3.63) is 44.2 Å². The second-order valence-corrected chi connectivity index (χ2v) is 11.7. The van der Waals surface area contributed by atoms with Gasteiger partial charge in [0.25, 0.3) is 5.91 Å². The van der Waals surface area contributed by atoms with Crippen LogP contribution >= 0.6 is 27.3 Å². The van der Waals surface area contributed by atoms with Gasteiger partial charge in [-0.05, 0) is 64.9 Å². The third kappa shape index (κ3) is 4.41. The minimum absolute atomic E-state index is 0.0417. The van der Waals surface area contributed by atoms with Crippen LogP contribution in [0.4, 0.5) is 5.69 Å². The number of amides is 1. The molecule has 2 aliphatic rings. The zero-order valence-corrected chi connectivity index (χ0v) is 21.9. The highest BCUT2D eigenvalue weighted by Gasteiger charge is 2.48. The van der Waals surface area contributed by atoms with Gasteiger partial charge in [-0.15, -0.1) is 0 Å². The molecule has 1 aromatic carbocycles. The lowest BCUT2D eigenvalue weighted by molar-refractivity contribution is 0.0679. The Kier molecular flexibility index (Phi) is 6.81. The van der Waals surface area contributed by atoms with Crippen molar-refractivity contribution in [1.29, 1.82) is 0 Å². The molecule has 1 aromatic heterocycles. The zero-order chi connectivity index (χ0) is 24.0. The number of hydrogen-bond acceptors (Lipinski definition) is 6. The van der Waals surface area contributed by atoms with Gasteiger partial charge >= 0.3 is 10.3 Å². The highest BCUT2D eigenvalue weighted by atomic mass is 79.9. The number of anilines is 1. The predicted octanol–water partition coefficient (Wildman–Crippen LogP) is 3.86. The minimum Gasteiger partial charge on any atom is -0.483 e. The van der Waals surface area contributed by atoms with Crippen LogP contribution in [0.1, 0.15) is 52.5 Å². The number of piperidine rings is 1. The topological polar surface area (TPSA) is 113 Å². The maximum absolute atomic E-state index is 13.3. The molecule has 2 aliphatic heterocycles. The molecule has 0 aliphatic carbocycles. The Bertz CT molecular complexity index is 1170. The van der Waals surface area contributed by atoms with Gasteiger partial charge < -0.3 is 15.4 Å². The van der Waals surface area contributed by atoms with Gasteiger partial charge in [-0.25, -0.2) is 4.31 Å². The second kappa shape index (κ2) is 9.18. The fourth-order valence-electron chi connectivity index (χ4n) is 4.67. The number of nitrogens with zero attached hydrogens (tertiary/aromatic N) is 2. The molecule has 0 unspecified atom stereocenters. The van der Waals surface area contributed by atoms with E-state index in [9.17, 15) is 17.8 Å². The van der Waals surface area contributed by atoms with E-state index in [1.165, 1.54) is 11.3 Å². The molecular formula is C22H28BrN3O5S2. The van der Waals surface area contributed by atoms with Crippen LogP contribution in [-0.4, -0.2) is 50.0 Å². The fraction of sp³-hybridized carbons (Fsp3) is 0.500. The summed E-state index contributed by atoms with van der Waals surface area (Å²) >= 11 is 4.90. The molecule has 0 bridgehead atoms. The molecule has 3 N–H and O–H groups in total. The van der Waals surface area contributed by atoms with Gasteiger partial charge in [0, 0.05) is 31.6 Å². The van der Waals surface area contributed by atoms with Crippen LogP contribution in [0.3, 0.4) is 0 Å². The average molecular weight is 559 g/mol. The summed E-state index contributed by atoms with van der Waals surface area (Å²) in [6, 6.07) is 5.43. The lowest BCUT2D eigenvalue weighted by Crippen LogP contribution is -2.47. The van der Waals surface area contributed by atoms with Crippen molar-refractivity contribution in [2.45, 2.75) is 45.1 Å². The second-order valence-electron chi connectivity index (χ2n) is 8.62. The third-order valence-electron chi connectivity index (χ3n) is 6.54. The van der Waals surface area contributed by atoms with Gasteiger partial charge in [0.15, 0.2) is 5.06 Å². The highest BCUT2D eigenvalue weighted by Crippen LogP contribution is 2.49. The molecule has 2 aromatic rings. The monoisotopic (exact) mass is 557 g/mol. The van der Waals surface area contributed by atoms with Crippen LogP contribution in [0, 0.1) is 6.92 Å². The zero-order valence-electron chi connectivity index (χ0n) is 18.6. The SMILES string of the molecule is CCCOc1sc(C(=O)N2CCC3(CC2)CN(S(=O)(=O)O)c2ccc(CN)cc23)c(C)c1Br. The number of nitrogens with two attached hydrogens (primary N) is 1. The van der Waals surface area contributed by atoms with Crippen LogP contribution in [0.2, 0.25) is 0 Å². The highest BCUT2D eigenvalue weighted by molar-refractivity contribution is 9.10. The summed E-state index contributed by atoms with van der Waals surface area (Å²) in [6.45, 7) is 6.01. The van der Waals surface area contributed by atoms with Crippen molar-refractivity contribution in [2.24, 2.45) is 5.73 Å². The summed E-state index contributed by atoms with van der Waals surface area (Å²) in [7, 11) is -4.40. The summed E-state index contributed by atoms with van der Waals surface area (Å²) in [6.07, 6.45) is 2.07. The van der Waals surface area contributed by atoms with Gasteiger partial charge in [0.05, 0.1) is 21.6 Å². The molecule has 0 saturated carbocycles. The molecule has 0 radical (unpaired) electrons. The maximum Gasteiger partial charge on any atom is 0.360 e. The number of carbonyl (C=O) groups excluding carboxylic acids is 1. The van der Waals surface area contributed by atoms with E-state index < -0.39 is 15.7 Å². The van der Waals surface area contributed by atoms with Gasteiger partial charge in [-0.2, -0.15) is 8.42 Å². The number of benzene rings is 1. The summed E-state index contributed by atoms with van der Waals surface area (Å²) in [4.78, 5) is 15.8. The number of likely N-dealkylation sites (tertiary alicyclic amines) is 1. The maximum atomic E-state index is 13.3. The smallest absolute Gasteiger partial charge is 0.360 e. The van der Waals surface area contributed by atoms with E-state index in [1.807, 2.05) is 24.8 Å². The van der Waals surface area contributed by atoms with Gasteiger partial charge in [0.1, 0.15) is 0 Å². The molecular weight excluding hydrogens is 530 g/mol. The summed E-state index contributed by atoms with van der Waals surface area (Å²) < 4.78 is 41.6. The first-order chi connectivity index (χ1) is 15.6. The Labute approximate surface area is 206 Å². The Morgan fingerprint density at radius 1 is 1.33 bits per heavy atom. The number of hydrogen-bond donors (Lipinski definition) is 2. The number of carbonyl (C=O) groups is 1. The van der Waals surface area contributed by atoms with E-state index in [4.69, 9.17) is 10.5 Å². The molecule has 1 fully saturated rings. The molecule has 11 heteroatoms. The van der Waals surface area contributed by atoms with Gasteiger partial charge in [-0.1, -0.05) is 30.4 Å². The molecule has 1 spiro atoms. The van der Waals surface area contributed by atoms with Crippen molar-refractivity contribution in [3.63, 3.8) is 0 Å². The number of halogens is 1. The van der Waals surface area contributed by atoms with Crippen molar-refractivity contribution in [1.82, 2.24) is 4.90 Å². The Morgan fingerprint density at radius 2 is 2.03 bits per heavy atom. The van der Waals surface area contributed by atoms with Crippen LogP contribution in [0.15, 0.2) is 22.7 Å². The molecule has 8 nitrogen and oxygen atoms in total. The molecule has 0 atom stereocenters. The molecule has 3 heterocycles. The first-order valence-corrected chi connectivity index (χ1v) is 13.9. The summed E-state index contributed by atoms with van der Waals surface area (Å²) in [5.41, 5.74) is 8.50. The predicted molar refractivity (Wildman–Crippen MR) is 133 cm³/mol. The Morgan fingerprint density at radius 3 is 2.64 bits per heavy atom. The van der Waals surface area contributed by atoms with E-state index in [1.54, 1.807) is 12.1 Å². The number of rotatable bonds is 6. The first kappa shape index (κ1) is 24.5. The van der Waals surface area contributed by atoms with Crippen LogP contribution in [0.25, 0.3) is 0 Å². The summed E-state index contributed by atoms with van der Waals surface area (Å²) in [5.74, 6) is -0.0417. The third-order valence-corrected chi connectivity index (χ3v) is 9.84. The van der Waals surface area contributed by atoms with Crippen molar-refractivity contribution in [3.8, 4) is 5.06 Å². The lowest BCUT2D eigenvalue weighted by Gasteiger charge is -2.39. The van der Waals surface area contributed by atoms with E-state index in [-0.39, 0.29) is 12.5 Å². The number of ether oxygens (including phenoxy) is 1. The molecule has 180 valence electrons. The Balaban J connectivity index is 1.57. The average Bonchev–Trinajstić information content (AvgIpc) is 3.27. The molecule has 4 rings (SSSR count). The Hall–Kier alpha value is -1.66. The largest absolute Gasteiger partial charge is 0.483 e. The van der Waals surface area contributed by atoms with Gasteiger partial charge in [0.2, 0.25) is 0 Å². The van der Waals surface area contributed by atoms with E-state index in [0.29, 0.717) is 54.7 Å². The standard InChI is InChI=1S/C22H28BrN3O5S2/c1-3-10-31-21-18(23)14(2)19(32-21)20(27)25-8-6-22(7-9-25)13-26(33(28,29)30)17-5-4-15(12-24)11-16(17)22/h4-5,11H,3,6-10,12-13,24H2,1-2H3,(H,28,29,30). The molecule has 33 heavy (non-hydrogen) atoms. The number of thiophene rings is 1. The van der Waals surface area contributed by atoms with E-state index >= 15 is 0 Å². The molecule has 1 saturated heterocycles. The van der Waals surface area contributed by atoms with Crippen LogP contribution in [0.5, 0.6) is 5.06 Å². The number of fused-ring (bicyclic) bond motifs is 2. The summed E-state index contributed by atoms with van der Waals surface area (Å²) in [5, 5.41) is 0.717. The van der Waals surface area contributed by atoms with Gasteiger partial charge in [-0.3, -0.25) is 9.35 Å². The quantitative estimate of drug-likeness (QED) is 0.521. The lowest BCUT2D eigenvalue weighted by atomic mass is 9.74. The normalized spacial score (nSPS) is 17.5. The van der Waals surface area contributed by atoms with Crippen molar-refractivity contribution >= 4 is 49.2 Å².